The van der Waals surface area contributed by atoms with Crippen LogP contribution in [0.5, 0.6) is 0 Å². The molecule has 0 aliphatic carbocycles. The van der Waals surface area contributed by atoms with Gasteiger partial charge in [0, 0.05) is 23.7 Å². The topological polar surface area (TPSA) is 50.4 Å². The molecule has 4 nitrogen and oxygen atoms in total. The molecule has 1 unspecified atom stereocenters. The van der Waals surface area contributed by atoms with Crippen LogP contribution in [0.25, 0.3) is 0 Å². The number of ether oxygens (including phenoxy) is 1. The van der Waals surface area contributed by atoms with Gasteiger partial charge in [-0.05, 0) is 37.6 Å². The molecule has 0 heterocycles. The van der Waals surface area contributed by atoms with E-state index in [9.17, 15) is 4.79 Å². The molecule has 1 amide bonds. The summed E-state index contributed by atoms with van der Waals surface area (Å²) in [4.78, 5) is 11.7. The number of nitrogens with one attached hydrogen (secondary N) is 2. The summed E-state index contributed by atoms with van der Waals surface area (Å²) >= 11 is 11.9. The number of amides is 1. The maximum Gasteiger partial charge on any atom is 0.236 e. The van der Waals surface area contributed by atoms with Crippen molar-refractivity contribution in [3.8, 4) is 0 Å². The van der Waals surface area contributed by atoms with Gasteiger partial charge in [0.2, 0.25) is 5.91 Å². The number of hydrogen-bond acceptors (Lipinski definition) is 3. The number of carbonyl (C=O) groups excluding carboxylic acids is 1. The summed E-state index contributed by atoms with van der Waals surface area (Å²) in [5.74, 6) is -0.0377. The molecule has 0 aliphatic rings. The Morgan fingerprint density at radius 3 is 2.75 bits per heavy atom. The van der Waals surface area contributed by atoms with Crippen molar-refractivity contribution in [2.75, 3.05) is 26.8 Å². The molecule has 1 aromatic rings. The molecule has 1 rings (SSSR count). The van der Waals surface area contributed by atoms with Crippen LogP contribution in [-0.4, -0.2) is 38.8 Å². The van der Waals surface area contributed by atoms with Gasteiger partial charge in [-0.2, -0.15) is 0 Å². The molecule has 0 bridgehead atoms. The molecule has 0 fully saturated rings. The van der Waals surface area contributed by atoms with E-state index < -0.39 is 0 Å². The summed E-state index contributed by atoms with van der Waals surface area (Å²) in [5, 5.41) is 7.21. The van der Waals surface area contributed by atoms with E-state index in [1.54, 1.807) is 13.2 Å². The summed E-state index contributed by atoms with van der Waals surface area (Å²) in [7, 11) is 1.60. The fourth-order valence-corrected chi connectivity index (χ4v) is 2.17. The molecular weight excluding hydrogens is 299 g/mol. The zero-order valence-electron chi connectivity index (χ0n) is 11.7. The molecule has 20 heavy (non-hydrogen) atoms. The second-order valence-corrected chi connectivity index (χ2v) is 5.29. The Morgan fingerprint density at radius 1 is 1.35 bits per heavy atom. The minimum absolute atomic E-state index is 0.0377. The van der Waals surface area contributed by atoms with Crippen LogP contribution in [0.15, 0.2) is 18.2 Å². The van der Waals surface area contributed by atoms with E-state index in [-0.39, 0.29) is 11.9 Å². The largest absolute Gasteiger partial charge is 0.383 e. The van der Waals surface area contributed by atoms with Gasteiger partial charge in [-0.1, -0.05) is 29.3 Å². The van der Waals surface area contributed by atoms with Gasteiger partial charge in [0.15, 0.2) is 0 Å². The van der Waals surface area contributed by atoms with Crippen LogP contribution < -0.4 is 10.6 Å². The monoisotopic (exact) mass is 318 g/mol. The first kappa shape index (κ1) is 17.2. The molecule has 1 aromatic carbocycles. The van der Waals surface area contributed by atoms with Gasteiger partial charge in [-0.3, -0.25) is 4.79 Å². The van der Waals surface area contributed by atoms with Gasteiger partial charge in [0.1, 0.15) is 0 Å². The number of methoxy groups -OCH3 is 1. The van der Waals surface area contributed by atoms with Crippen molar-refractivity contribution in [3.05, 3.63) is 33.8 Å². The van der Waals surface area contributed by atoms with Gasteiger partial charge in [0.05, 0.1) is 12.6 Å². The van der Waals surface area contributed by atoms with E-state index >= 15 is 0 Å². The van der Waals surface area contributed by atoms with E-state index in [0.717, 1.165) is 12.0 Å². The van der Waals surface area contributed by atoms with Crippen LogP contribution >= 0.6 is 23.2 Å². The summed E-state index contributed by atoms with van der Waals surface area (Å²) in [6.07, 6.45) is 0.742. The first-order chi connectivity index (χ1) is 9.54. The average molecular weight is 319 g/mol. The SMILES string of the molecule is COCCNC(=O)C(C)NCCc1ccc(Cl)cc1Cl. The summed E-state index contributed by atoms with van der Waals surface area (Å²) in [6.45, 7) is 3.52. The van der Waals surface area contributed by atoms with Gasteiger partial charge < -0.3 is 15.4 Å². The number of carbonyl (C=O) groups is 1. The quantitative estimate of drug-likeness (QED) is 0.723. The van der Waals surface area contributed by atoms with Crippen molar-refractivity contribution in [1.82, 2.24) is 10.6 Å². The molecule has 0 aliphatic heterocycles. The minimum Gasteiger partial charge on any atom is -0.383 e. The van der Waals surface area contributed by atoms with Gasteiger partial charge in [-0.15, -0.1) is 0 Å². The van der Waals surface area contributed by atoms with Crippen LogP contribution in [0.2, 0.25) is 10.0 Å². The zero-order valence-corrected chi connectivity index (χ0v) is 13.2. The minimum atomic E-state index is -0.252. The maximum atomic E-state index is 11.7. The third kappa shape index (κ3) is 6.09. The Bertz CT molecular complexity index is 441. The molecule has 112 valence electrons. The van der Waals surface area contributed by atoms with Gasteiger partial charge in [-0.25, -0.2) is 0 Å². The van der Waals surface area contributed by atoms with Crippen molar-refractivity contribution in [2.24, 2.45) is 0 Å². The van der Waals surface area contributed by atoms with E-state index in [0.29, 0.717) is 29.7 Å². The molecule has 0 saturated heterocycles. The van der Waals surface area contributed by atoms with Gasteiger partial charge >= 0.3 is 0 Å². The Balaban J connectivity index is 2.30. The van der Waals surface area contributed by atoms with Crippen LogP contribution in [0.3, 0.4) is 0 Å². The lowest BCUT2D eigenvalue weighted by Gasteiger charge is -2.14. The Hall–Kier alpha value is -0.810. The van der Waals surface area contributed by atoms with Crippen molar-refractivity contribution < 1.29 is 9.53 Å². The third-order valence-electron chi connectivity index (χ3n) is 2.86. The van der Waals surface area contributed by atoms with Crippen molar-refractivity contribution in [2.45, 2.75) is 19.4 Å². The highest BCUT2D eigenvalue weighted by atomic mass is 35.5. The van der Waals surface area contributed by atoms with Crippen LogP contribution in [0.4, 0.5) is 0 Å². The number of rotatable bonds is 8. The number of halogens is 2. The number of hydrogen-bond donors (Lipinski definition) is 2. The lowest BCUT2D eigenvalue weighted by atomic mass is 10.1. The normalized spacial score (nSPS) is 12.2. The highest BCUT2D eigenvalue weighted by Crippen LogP contribution is 2.21. The molecule has 0 spiro atoms. The molecule has 0 aromatic heterocycles. The summed E-state index contributed by atoms with van der Waals surface area (Å²) in [6, 6.07) is 5.18. The van der Waals surface area contributed by atoms with E-state index in [1.807, 2.05) is 19.1 Å². The third-order valence-corrected chi connectivity index (χ3v) is 3.45. The highest BCUT2D eigenvalue weighted by Gasteiger charge is 2.11. The first-order valence-corrected chi connectivity index (χ1v) is 7.24. The van der Waals surface area contributed by atoms with Crippen LogP contribution in [0.1, 0.15) is 12.5 Å². The Morgan fingerprint density at radius 2 is 2.10 bits per heavy atom. The van der Waals surface area contributed by atoms with E-state index in [2.05, 4.69) is 10.6 Å². The molecule has 0 saturated carbocycles. The fourth-order valence-electron chi connectivity index (χ4n) is 1.67. The lowest BCUT2D eigenvalue weighted by Crippen LogP contribution is -2.43. The zero-order chi connectivity index (χ0) is 15.0. The Kier molecular flexibility index (Phi) is 7.92. The van der Waals surface area contributed by atoms with Crippen molar-refractivity contribution in [1.29, 1.82) is 0 Å². The standard InChI is InChI=1S/C14H20Cl2N2O2/c1-10(14(19)18-7-8-20-2)17-6-5-11-3-4-12(15)9-13(11)16/h3-4,9-10,17H,5-8H2,1-2H3,(H,18,19). The van der Waals surface area contributed by atoms with E-state index in [1.165, 1.54) is 0 Å². The smallest absolute Gasteiger partial charge is 0.236 e. The second-order valence-electron chi connectivity index (χ2n) is 4.45. The van der Waals surface area contributed by atoms with Crippen LogP contribution in [-0.2, 0) is 16.0 Å². The predicted molar refractivity (Wildman–Crippen MR) is 82.5 cm³/mol. The summed E-state index contributed by atoms with van der Waals surface area (Å²) < 4.78 is 4.87. The van der Waals surface area contributed by atoms with Crippen molar-refractivity contribution >= 4 is 29.1 Å². The van der Waals surface area contributed by atoms with Crippen LogP contribution in [0, 0.1) is 0 Å². The second kappa shape index (κ2) is 9.19. The Labute approximate surface area is 129 Å². The first-order valence-electron chi connectivity index (χ1n) is 6.48. The molecule has 1 atom stereocenters. The van der Waals surface area contributed by atoms with Crippen molar-refractivity contribution in [3.63, 3.8) is 0 Å². The van der Waals surface area contributed by atoms with Gasteiger partial charge in [0.25, 0.3) is 0 Å². The predicted octanol–water partition coefficient (Wildman–Crippen LogP) is 2.28. The van der Waals surface area contributed by atoms with E-state index in [4.69, 9.17) is 27.9 Å². The highest BCUT2D eigenvalue weighted by molar-refractivity contribution is 6.35. The average Bonchev–Trinajstić information content (AvgIpc) is 2.41. The summed E-state index contributed by atoms with van der Waals surface area (Å²) in [5.41, 5.74) is 1.01. The molecule has 2 N–H and O–H groups in total. The maximum absolute atomic E-state index is 11.7. The molecule has 6 heteroatoms. The number of benzene rings is 1. The fraction of sp³-hybridized carbons (Fsp3) is 0.500. The molecule has 0 radical (unpaired) electrons. The molecular formula is C14H20Cl2N2O2. The lowest BCUT2D eigenvalue weighted by molar-refractivity contribution is -0.122.